The van der Waals surface area contributed by atoms with E-state index < -0.39 is 29.2 Å². The maximum Gasteiger partial charge on any atom is 0.311 e. The van der Waals surface area contributed by atoms with Gasteiger partial charge in [-0.1, -0.05) is 29.8 Å². The highest BCUT2D eigenvalue weighted by Gasteiger charge is 2.17. The van der Waals surface area contributed by atoms with Crippen molar-refractivity contribution in [2.75, 3.05) is 11.9 Å². The minimum atomic E-state index is -0.823. The minimum Gasteiger partial charge on any atom is -0.455 e. The molecule has 0 fully saturated rings. The molecule has 7 nitrogen and oxygen atoms in total. The average Bonchev–Trinajstić information content (AvgIpc) is 2.56. The van der Waals surface area contributed by atoms with Crippen LogP contribution in [0.25, 0.3) is 0 Å². The zero-order valence-electron chi connectivity index (χ0n) is 12.7. The van der Waals surface area contributed by atoms with Crippen LogP contribution >= 0.6 is 11.6 Å². The van der Waals surface area contributed by atoms with E-state index in [2.05, 4.69) is 5.32 Å². The van der Waals surface area contributed by atoms with Crippen LogP contribution in [0.2, 0.25) is 5.02 Å². The van der Waals surface area contributed by atoms with Crippen molar-refractivity contribution in [3.63, 3.8) is 0 Å². The molecular weight excluding hydrogens is 355 g/mol. The summed E-state index contributed by atoms with van der Waals surface area (Å²) < 4.78 is 18.2. The van der Waals surface area contributed by atoms with Gasteiger partial charge < -0.3 is 10.1 Å². The van der Waals surface area contributed by atoms with Gasteiger partial charge in [-0.25, -0.2) is 4.39 Å². The number of ether oxygens (including phenoxy) is 1. The van der Waals surface area contributed by atoms with E-state index in [1.165, 1.54) is 30.3 Å². The van der Waals surface area contributed by atoms with Gasteiger partial charge in [0.1, 0.15) is 5.82 Å². The number of benzene rings is 2. The van der Waals surface area contributed by atoms with E-state index in [1.54, 1.807) is 6.07 Å². The van der Waals surface area contributed by atoms with E-state index in [4.69, 9.17) is 16.3 Å². The van der Waals surface area contributed by atoms with Crippen LogP contribution < -0.4 is 5.32 Å². The first kappa shape index (κ1) is 18.3. The molecule has 25 heavy (non-hydrogen) atoms. The highest BCUT2D eigenvalue weighted by Crippen LogP contribution is 2.20. The largest absolute Gasteiger partial charge is 0.455 e. The number of amides is 1. The molecule has 9 heteroatoms. The number of nitrogens with one attached hydrogen (secondary N) is 1. The molecule has 2 rings (SSSR count). The molecule has 2 aromatic carbocycles. The third-order valence-corrected chi connectivity index (χ3v) is 3.32. The van der Waals surface area contributed by atoms with Crippen molar-refractivity contribution in [3.8, 4) is 0 Å². The van der Waals surface area contributed by atoms with Gasteiger partial charge in [-0.05, 0) is 18.2 Å². The number of nitro groups is 1. The molecule has 0 radical (unpaired) electrons. The van der Waals surface area contributed by atoms with Gasteiger partial charge in [0.2, 0.25) is 0 Å². The lowest BCUT2D eigenvalue weighted by atomic mass is 10.1. The topological polar surface area (TPSA) is 98.5 Å². The molecule has 2 aromatic rings. The molecule has 0 aliphatic heterocycles. The lowest BCUT2D eigenvalue weighted by Gasteiger charge is -2.08. The molecule has 130 valence electrons. The monoisotopic (exact) mass is 366 g/mol. The number of halogens is 2. The molecule has 0 aliphatic rings. The number of anilines is 1. The summed E-state index contributed by atoms with van der Waals surface area (Å²) in [6.07, 6.45) is -0.365. The molecule has 0 aromatic heterocycles. The van der Waals surface area contributed by atoms with Gasteiger partial charge in [-0.3, -0.25) is 19.7 Å². The molecular formula is C16H12ClFN2O5. The van der Waals surface area contributed by atoms with E-state index >= 15 is 0 Å². The van der Waals surface area contributed by atoms with Crippen LogP contribution in [0.5, 0.6) is 0 Å². The Kier molecular flexibility index (Phi) is 6.02. The van der Waals surface area contributed by atoms with Crippen LogP contribution in [0.15, 0.2) is 42.5 Å². The van der Waals surface area contributed by atoms with Crippen molar-refractivity contribution in [3.05, 3.63) is 69.0 Å². The number of hydrogen-bond donors (Lipinski definition) is 1. The number of hydrogen-bond acceptors (Lipinski definition) is 5. The van der Waals surface area contributed by atoms with Crippen molar-refractivity contribution in [1.29, 1.82) is 0 Å². The van der Waals surface area contributed by atoms with Crippen LogP contribution in [0, 0.1) is 15.9 Å². The molecule has 0 saturated heterocycles. The highest BCUT2D eigenvalue weighted by molar-refractivity contribution is 6.30. The fourth-order valence-corrected chi connectivity index (χ4v) is 2.14. The van der Waals surface area contributed by atoms with Crippen LogP contribution in [0.3, 0.4) is 0 Å². The van der Waals surface area contributed by atoms with E-state index in [-0.39, 0.29) is 28.4 Å². The summed E-state index contributed by atoms with van der Waals surface area (Å²) in [7, 11) is 0. The molecule has 0 spiro atoms. The normalized spacial score (nSPS) is 10.2. The first-order valence-electron chi connectivity index (χ1n) is 6.99. The number of nitrogens with zero attached hydrogens (tertiary/aromatic N) is 1. The molecule has 0 heterocycles. The zero-order valence-corrected chi connectivity index (χ0v) is 13.5. The second-order valence-corrected chi connectivity index (χ2v) is 5.33. The van der Waals surface area contributed by atoms with E-state index in [9.17, 15) is 24.1 Å². The van der Waals surface area contributed by atoms with Gasteiger partial charge in [0.25, 0.3) is 11.6 Å². The molecule has 0 unspecified atom stereocenters. The summed E-state index contributed by atoms with van der Waals surface area (Å²) in [5.74, 6) is -2.28. The third-order valence-electron chi connectivity index (χ3n) is 3.09. The molecule has 1 amide bonds. The van der Waals surface area contributed by atoms with Gasteiger partial charge in [-0.2, -0.15) is 0 Å². The predicted molar refractivity (Wildman–Crippen MR) is 87.8 cm³/mol. The average molecular weight is 367 g/mol. The Labute approximate surface area is 146 Å². The number of para-hydroxylation sites is 1. The lowest BCUT2D eigenvalue weighted by Crippen LogP contribution is -2.22. The Morgan fingerprint density at radius 2 is 1.96 bits per heavy atom. The first-order chi connectivity index (χ1) is 11.9. The summed E-state index contributed by atoms with van der Waals surface area (Å²) in [5, 5.41) is 13.3. The molecule has 0 saturated carbocycles. The Bertz CT molecular complexity index is 828. The molecule has 0 bridgehead atoms. The molecule has 1 N–H and O–H groups in total. The number of nitro benzene ring substituents is 1. The van der Waals surface area contributed by atoms with Crippen molar-refractivity contribution < 1.29 is 23.6 Å². The van der Waals surface area contributed by atoms with Gasteiger partial charge in [0.15, 0.2) is 6.61 Å². The quantitative estimate of drug-likeness (QED) is 0.481. The van der Waals surface area contributed by atoms with Crippen LogP contribution in [-0.4, -0.2) is 23.4 Å². The fourth-order valence-electron chi connectivity index (χ4n) is 1.97. The Morgan fingerprint density at radius 1 is 1.24 bits per heavy atom. The maximum absolute atomic E-state index is 13.5. The van der Waals surface area contributed by atoms with Gasteiger partial charge >= 0.3 is 5.97 Å². The third kappa shape index (κ3) is 5.25. The predicted octanol–water partition coefficient (Wildman–Crippen LogP) is 3.11. The smallest absolute Gasteiger partial charge is 0.311 e. The van der Waals surface area contributed by atoms with E-state index in [1.807, 2.05) is 0 Å². The summed E-state index contributed by atoms with van der Waals surface area (Å²) in [6.45, 7) is -0.661. The summed E-state index contributed by atoms with van der Waals surface area (Å²) in [6, 6.07) is 9.31. The van der Waals surface area contributed by atoms with E-state index in [0.29, 0.717) is 0 Å². The van der Waals surface area contributed by atoms with Crippen molar-refractivity contribution >= 4 is 34.9 Å². The lowest BCUT2D eigenvalue weighted by molar-refractivity contribution is -0.385. The second kappa shape index (κ2) is 8.20. The number of carbonyl (C=O) groups excluding carboxylic acids is 2. The van der Waals surface area contributed by atoms with Crippen LogP contribution in [-0.2, 0) is 20.7 Å². The SMILES string of the molecule is O=C(COC(=O)Cc1ccccc1[N+](=O)[O-])Nc1cc(Cl)ccc1F. The molecule has 0 atom stereocenters. The highest BCUT2D eigenvalue weighted by atomic mass is 35.5. The van der Waals surface area contributed by atoms with Crippen LogP contribution in [0.4, 0.5) is 15.8 Å². The van der Waals surface area contributed by atoms with Gasteiger partial charge in [0.05, 0.1) is 17.0 Å². The standard InChI is InChI=1S/C16H12ClFN2O5/c17-11-5-6-12(18)13(8-11)19-15(21)9-25-16(22)7-10-3-1-2-4-14(10)20(23)24/h1-6,8H,7,9H2,(H,19,21). The van der Waals surface area contributed by atoms with Crippen LogP contribution in [0.1, 0.15) is 5.56 Å². The maximum atomic E-state index is 13.5. The van der Waals surface area contributed by atoms with Crippen molar-refractivity contribution in [2.24, 2.45) is 0 Å². The summed E-state index contributed by atoms with van der Waals surface area (Å²) in [4.78, 5) is 33.7. The number of esters is 1. The van der Waals surface area contributed by atoms with Crippen molar-refractivity contribution in [1.82, 2.24) is 0 Å². The Hall–Kier alpha value is -3.00. The van der Waals surface area contributed by atoms with E-state index in [0.717, 1.165) is 6.07 Å². The van der Waals surface area contributed by atoms with Crippen molar-refractivity contribution in [2.45, 2.75) is 6.42 Å². The Morgan fingerprint density at radius 3 is 2.68 bits per heavy atom. The second-order valence-electron chi connectivity index (χ2n) is 4.90. The zero-order chi connectivity index (χ0) is 18.4. The number of rotatable bonds is 6. The van der Waals surface area contributed by atoms with Gasteiger partial charge in [-0.15, -0.1) is 0 Å². The summed E-state index contributed by atoms with van der Waals surface area (Å²) in [5.41, 5.74) is -0.198. The van der Waals surface area contributed by atoms with Gasteiger partial charge in [0, 0.05) is 16.7 Å². The molecule has 0 aliphatic carbocycles. The first-order valence-corrected chi connectivity index (χ1v) is 7.37. The number of carbonyl (C=O) groups is 2. The summed E-state index contributed by atoms with van der Waals surface area (Å²) >= 11 is 5.70. The minimum absolute atomic E-state index is 0.146. The Balaban J connectivity index is 1.91. The fraction of sp³-hybridized carbons (Fsp3) is 0.125.